The van der Waals surface area contributed by atoms with E-state index in [-0.39, 0.29) is 36.2 Å². The maximum absolute atomic E-state index is 14.7. The molecule has 3 aliphatic rings. The number of nitrogens with zero attached hydrogens (tertiary/aromatic N) is 3. The molecule has 0 spiro atoms. The van der Waals surface area contributed by atoms with Crippen molar-refractivity contribution in [1.82, 2.24) is 4.90 Å². The number of anilines is 2. The summed E-state index contributed by atoms with van der Waals surface area (Å²) in [6.45, 7) is 0.213. The SMILES string of the molecule is C#CCN1C(=O)COc2cc(F)c(N3C(=O)C4CCCCN4C3=O)cc21. The molecule has 134 valence electrons. The molecule has 26 heavy (non-hydrogen) atoms. The van der Waals surface area contributed by atoms with Crippen molar-refractivity contribution in [3.05, 3.63) is 17.9 Å². The van der Waals surface area contributed by atoms with E-state index in [1.165, 1.54) is 15.9 Å². The Kier molecular flexibility index (Phi) is 3.80. The number of amides is 4. The third-order valence-electron chi connectivity index (χ3n) is 4.91. The monoisotopic (exact) mass is 357 g/mol. The van der Waals surface area contributed by atoms with Gasteiger partial charge < -0.3 is 9.64 Å². The molecule has 0 bridgehead atoms. The van der Waals surface area contributed by atoms with E-state index in [4.69, 9.17) is 11.2 Å². The van der Waals surface area contributed by atoms with Crippen molar-refractivity contribution in [2.24, 2.45) is 0 Å². The molecule has 1 unspecified atom stereocenters. The molecule has 0 radical (unpaired) electrons. The van der Waals surface area contributed by atoms with Gasteiger partial charge >= 0.3 is 6.03 Å². The topological polar surface area (TPSA) is 70.2 Å². The van der Waals surface area contributed by atoms with Crippen molar-refractivity contribution < 1.29 is 23.5 Å². The minimum Gasteiger partial charge on any atom is -0.481 e. The first-order valence-corrected chi connectivity index (χ1v) is 8.37. The average Bonchev–Trinajstić information content (AvgIpc) is 2.89. The molecule has 8 heteroatoms. The van der Waals surface area contributed by atoms with Crippen LogP contribution in [0.4, 0.5) is 20.6 Å². The summed E-state index contributed by atoms with van der Waals surface area (Å²) in [7, 11) is 0. The van der Waals surface area contributed by atoms with Crippen molar-refractivity contribution in [2.75, 3.05) is 29.5 Å². The summed E-state index contributed by atoms with van der Waals surface area (Å²) in [4.78, 5) is 41.0. The van der Waals surface area contributed by atoms with Gasteiger partial charge in [-0.2, -0.15) is 0 Å². The third kappa shape index (κ3) is 2.31. The van der Waals surface area contributed by atoms with Crippen LogP contribution in [0.15, 0.2) is 12.1 Å². The Bertz CT molecular complexity index is 839. The number of carbonyl (C=O) groups is 3. The summed E-state index contributed by atoms with van der Waals surface area (Å²) in [5, 5.41) is 0. The molecule has 1 atom stereocenters. The molecule has 1 aromatic rings. The van der Waals surface area contributed by atoms with Gasteiger partial charge in [-0.1, -0.05) is 5.92 Å². The summed E-state index contributed by atoms with van der Waals surface area (Å²) in [6.07, 6.45) is 7.54. The number of piperidine rings is 1. The van der Waals surface area contributed by atoms with E-state index in [2.05, 4.69) is 5.92 Å². The number of urea groups is 1. The van der Waals surface area contributed by atoms with E-state index >= 15 is 0 Å². The smallest absolute Gasteiger partial charge is 0.332 e. The van der Waals surface area contributed by atoms with Crippen LogP contribution in [0.25, 0.3) is 0 Å². The number of hydrogen-bond acceptors (Lipinski definition) is 4. The molecular formula is C18H16FN3O4. The molecule has 3 aliphatic heterocycles. The highest BCUT2D eigenvalue weighted by atomic mass is 19.1. The van der Waals surface area contributed by atoms with E-state index in [1.54, 1.807) is 0 Å². The molecule has 0 aromatic heterocycles. The van der Waals surface area contributed by atoms with Crippen LogP contribution in [-0.4, -0.2) is 48.5 Å². The van der Waals surface area contributed by atoms with Gasteiger partial charge in [-0.25, -0.2) is 14.1 Å². The number of fused-ring (bicyclic) bond motifs is 2. The fourth-order valence-electron chi connectivity index (χ4n) is 3.66. The van der Waals surface area contributed by atoms with Crippen LogP contribution >= 0.6 is 0 Å². The summed E-state index contributed by atoms with van der Waals surface area (Å²) in [5.41, 5.74) is 0.0644. The van der Waals surface area contributed by atoms with Gasteiger partial charge in [-0.15, -0.1) is 6.42 Å². The van der Waals surface area contributed by atoms with E-state index in [0.717, 1.165) is 23.8 Å². The minimum absolute atomic E-state index is 0.0170. The maximum atomic E-state index is 14.7. The van der Waals surface area contributed by atoms with Crippen molar-refractivity contribution in [2.45, 2.75) is 25.3 Å². The van der Waals surface area contributed by atoms with E-state index < -0.39 is 23.8 Å². The third-order valence-corrected chi connectivity index (χ3v) is 4.91. The molecule has 2 saturated heterocycles. The lowest BCUT2D eigenvalue weighted by molar-refractivity contribution is -0.121. The molecule has 0 N–H and O–H groups in total. The van der Waals surface area contributed by atoms with Crippen molar-refractivity contribution in [3.8, 4) is 18.1 Å². The van der Waals surface area contributed by atoms with Gasteiger partial charge in [0, 0.05) is 12.6 Å². The molecular weight excluding hydrogens is 341 g/mol. The lowest BCUT2D eigenvalue weighted by Crippen LogP contribution is -2.40. The number of rotatable bonds is 2. The second-order valence-corrected chi connectivity index (χ2v) is 6.41. The number of imide groups is 1. The van der Waals surface area contributed by atoms with Crippen molar-refractivity contribution >= 4 is 29.2 Å². The first kappa shape index (κ1) is 16.4. The first-order valence-electron chi connectivity index (χ1n) is 8.37. The van der Waals surface area contributed by atoms with Gasteiger partial charge in [0.25, 0.3) is 11.8 Å². The Labute approximate surface area is 149 Å². The largest absolute Gasteiger partial charge is 0.481 e. The standard InChI is InChI=1S/C18H16FN3O4/c1-2-6-20-14-9-13(11(19)8-15(14)26-10-16(20)23)22-17(24)12-5-3-4-7-21(12)18(22)25/h1,8-9,12H,3-7,10H2. The van der Waals surface area contributed by atoms with Crippen LogP contribution in [0.2, 0.25) is 0 Å². The average molecular weight is 357 g/mol. The Morgan fingerprint density at radius 3 is 2.77 bits per heavy atom. The van der Waals surface area contributed by atoms with Gasteiger partial charge in [0.15, 0.2) is 12.4 Å². The molecule has 3 heterocycles. The highest BCUT2D eigenvalue weighted by Gasteiger charge is 2.47. The Morgan fingerprint density at radius 1 is 1.23 bits per heavy atom. The fraction of sp³-hybridized carbons (Fsp3) is 0.389. The van der Waals surface area contributed by atoms with E-state index in [9.17, 15) is 18.8 Å². The summed E-state index contributed by atoms with van der Waals surface area (Å²) in [5.74, 6) is 0.943. The van der Waals surface area contributed by atoms with Gasteiger partial charge in [0.1, 0.15) is 11.8 Å². The van der Waals surface area contributed by atoms with Gasteiger partial charge in [0.2, 0.25) is 0 Å². The Balaban J connectivity index is 1.78. The predicted octanol–water partition coefficient (Wildman–Crippen LogP) is 1.51. The zero-order valence-corrected chi connectivity index (χ0v) is 13.9. The lowest BCUT2D eigenvalue weighted by atomic mass is 10.0. The van der Waals surface area contributed by atoms with Gasteiger partial charge in [-0.05, 0) is 25.3 Å². The molecule has 0 aliphatic carbocycles. The van der Waals surface area contributed by atoms with Crippen molar-refractivity contribution in [3.63, 3.8) is 0 Å². The highest BCUT2D eigenvalue weighted by Crippen LogP contribution is 2.40. The number of terminal acetylenes is 1. The molecule has 2 fully saturated rings. The van der Waals surface area contributed by atoms with Crippen LogP contribution in [0, 0.1) is 18.2 Å². The quantitative estimate of drug-likeness (QED) is 0.594. The van der Waals surface area contributed by atoms with Crippen LogP contribution in [0.1, 0.15) is 19.3 Å². The number of halogens is 1. The predicted molar refractivity (Wildman–Crippen MR) is 90.3 cm³/mol. The van der Waals surface area contributed by atoms with Crippen LogP contribution < -0.4 is 14.5 Å². The lowest BCUT2D eigenvalue weighted by Gasteiger charge is -2.29. The van der Waals surface area contributed by atoms with Crippen LogP contribution in [0.5, 0.6) is 5.75 Å². The minimum atomic E-state index is -0.764. The summed E-state index contributed by atoms with van der Waals surface area (Å²) in [6, 6.07) is 1.28. The van der Waals surface area contributed by atoms with Crippen LogP contribution in [-0.2, 0) is 9.59 Å². The zero-order valence-electron chi connectivity index (χ0n) is 13.9. The fourth-order valence-corrected chi connectivity index (χ4v) is 3.66. The molecule has 7 nitrogen and oxygen atoms in total. The van der Waals surface area contributed by atoms with Crippen molar-refractivity contribution in [1.29, 1.82) is 0 Å². The molecule has 0 saturated carbocycles. The van der Waals surface area contributed by atoms with E-state index in [0.29, 0.717) is 13.0 Å². The van der Waals surface area contributed by atoms with Gasteiger partial charge in [-0.3, -0.25) is 14.5 Å². The summed E-state index contributed by atoms with van der Waals surface area (Å²) >= 11 is 0. The Morgan fingerprint density at radius 2 is 2.04 bits per heavy atom. The first-order chi connectivity index (χ1) is 12.5. The second-order valence-electron chi connectivity index (χ2n) is 6.41. The number of hydrogen-bond donors (Lipinski definition) is 0. The van der Waals surface area contributed by atoms with E-state index in [1.807, 2.05) is 0 Å². The molecule has 1 aromatic carbocycles. The molecule has 4 rings (SSSR count). The normalized spacial score (nSPS) is 22.1. The van der Waals surface area contributed by atoms with Crippen LogP contribution in [0.3, 0.4) is 0 Å². The second kappa shape index (κ2) is 6.02. The summed E-state index contributed by atoms with van der Waals surface area (Å²) < 4.78 is 19.9. The number of benzene rings is 1. The number of carbonyl (C=O) groups excluding carboxylic acids is 3. The molecule has 4 amide bonds. The maximum Gasteiger partial charge on any atom is 0.332 e. The highest BCUT2D eigenvalue weighted by molar-refractivity contribution is 6.21. The van der Waals surface area contributed by atoms with Gasteiger partial charge in [0.05, 0.1) is 17.9 Å². The number of ether oxygens (including phenoxy) is 1. The zero-order chi connectivity index (χ0) is 18.4. The Hall–Kier alpha value is -3.08.